The Labute approximate surface area is 81.3 Å². The Morgan fingerprint density at radius 3 is 3.00 bits per heavy atom. The number of nitrogens with two attached hydrogens (primary N) is 1. The van der Waals surface area contributed by atoms with Crippen molar-refractivity contribution in [2.45, 2.75) is 13.5 Å². The summed E-state index contributed by atoms with van der Waals surface area (Å²) in [5.41, 5.74) is 5.47. The maximum atomic E-state index is 8.49. The second-order valence-electron chi connectivity index (χ2n) is 2.55. The highest BCUT2D eigenvalue weighted by Crippen LogP contribution is 2.11. The first kappa shape index (κ1) is 9.85. The molecule has 0 fully saturated rings. The lowest BCUT2D eigenvalue weighted by Crippen LogP contribution is -2.36. The molecule has 4 nitrogen and oxygen atoms in total. The van der Waals surface area contributed by atoms with Gasteiger partial charge in [0.25, 0.3) is 0 Å². The van der Waals surface area contributed by atoms with Crippen molar-refractivity contribution >= 4 is 17.3 Å². The average molecular weight is 199 g/mol. The summed E-state index contributed by atoms with van der Waals surface area (Å²) < 4.78 is 0. The van der Waals surface area contributed by atoms with E-state index >= 15 is 0 Å². The molecule has 0 spiro atoms. The van der Waals surface area contributed by atoms with Crippen molar-refractivity contribution in [3.63, 3.8) is 0 Å². The maximum Gasteiger partial charge on any atom is 0.233 e. The van der Waals surface area contributed by atoms with E-state index in [-0.39, 0.29) is 5.96 Å². The van der Waals surface area contributed by atoms with Crippen molar-refractivity contribution in [2.24, 2.45) is 10.9 Å². The van der Waals surface area contributed by atoms with E-state index in [9.17, 15) is 0 Å². The van der Waals surface area contributed by atoms with Gasteiger partial charge in [0.2, 0.25) is 5.96 Å². The molecule has 0 radical (unpaired) electrons. The van der Waals surface area contributed by atoms with E-state index in [1.54, 1.807) is 16.2 Å². The molecule has 1 aromatic rings. The molecule has 0 aromatic carbocycles. The van der Waals surface area contributed by atoms with E-state index in [0.29, 0.717) is 6.54 Å². The van der Waals surface area contributed by atoms with E-state index in [0.717, 1.165) is 6.54 Å². The zero-order valence-corrected chi connectivity index (χ0v) is 8.29. The first-order valence-electron chi connectivity index (χ1n) is 4.02. The third-order valence-electron chi connectivity index (χ3n) is 1.73. The van der Waals surface area contributed by atoms with Gasteiger partial charge in [0.15, 0.2) is 0 Å². The van der Waals surface area contributed by atoms with Gasteiger partial charge in [-0.05, 0) is 18.4 Å². The molecule has 0 aliphatic carbocycles. The topological polar surface area (TPSA) is 61.8 Å². The molecule has 0 aliphatic rings. The Balaban J connectivity index is 2.60. The Hall–Kier alpha value is -1.23. The lowest BCUT2D eigenvalue weighted by Gasteiger charge is -2.19. The minimum absolute atomic E-state index is 0.163. The van der Waals surface area contributed by atoms with Gasteiger partial charge in [0, 0.05) is 11.4 Å². The van der Waals surface area contributed by atoms with Gasteiger partial charge in [-0.2, -0.15) is 0 Å². The Bertz CT molecular complexity index is 271. The third-order valence-corrected chi connectivity index (χ3v) is 2.60. The molecule has 0 bridgehead atoms. The number of hydrogen-bond acceptors (Lipinski definition) is 3. The van der Waals surface area contributed by atoms with E-state index in [4.69, 9.17) is 10.9 Å². The number of nitrogens with zero attached hydrogens (tertiary/aromatic N) is 2. The van der Waals surface area contributed by atoms with Gasteiger partial charge in [-0.15, -0.1) is 11.3 Å². The van der Waals surface area contributed by atoms with E-state index in [2.05, 4.69) is 5.16 Å². The molecular weight excluding hydrogens is 186 g/mol. The van der Waals surface area contributed by atoms with Crippen LogP contribution in [0.15, 0.2) is 22.7 Å². The molecule has 1 rings (SSSR count). The maximum absolute atomic E-state index is 8.49. The number of rotatable bonds is 3. The van der Waals surface area contributed by atoms with Gasteiger partial charge >= 0.3 is 0 Å². The molecule has 5 heteroatoms. The Morgan fingerprint density at radius 1 is 1.77 bits per heavy atom. The van der Waals surface area contributed by atoms with Crippen LogP contribution in [0.3, 0.4) is 0 Å². The first-order valence-corrected chi connectivity index (χ1v) is 4.90. The van der Waals surface area contributed by atoms with Crippen LogP contribution in [0.5, 0.6) is 0 Å². The highest BCUT2D eigenvalue weighted by atomic mass is 32.1. The second-order valence-corrected chi connectivity index (χ2v) is 3.58. The van der Waals surface area contributed by atoms with E-state index < -0.39 is 0 Å². The van der Waals surface area contributed by atoms with Crippen LogP contribution in [0.2, 0.25) is 0 Å². The molecule has 0 atom stereocenters. The summed E-state index contributed by atoms with van der Waals surface area (Å²) >= 11 is 1.66. The van der Waals surface area contributed by atoms with Crippen LogP contribution in [-0.4, -0.2) is 22.6 Å². The molecule has 1 aromatic heterocycles. The lowest BCUT2D eigenvalue weighted by atomic mass is 10.4. The summed E-state index contributed by atoms with van der Waals surface area (Å²) in [7, 11) is 0. The highest BCUT2D eigenvalue weighted by molar-refractivity contribution is 7.09. The largest absolute Gasteiger partial charge is 0.408 e. The monoisotopic (exact) mass is 199 g/mol. The van der Waals surface area contributed by atoms with Gasteiger partial charge in [-0.1, -0.05) is 11.2 Å². The standard InChI is InChI=1S/C8H13N3OS/c1-2-11(8(9)10-12)6-7-4-3-5-13-7/h3-5,12H,2,6H2,1H3,(H2,9,10). The van der Waals surface area contributed by atoms with Crippen molar-refractivity contribution < 1.29 is 5.21 Å². The van der Waals surface area contributed by atoms with Crippen LogP contribution in [0, 0.1) is 0 Å². The summed E-state index contributed by atoms with van der Waals surface area (Å²) in [6.07, 6.45) is 0. The van der Waals surface area contributed by atoms with Crippen molar-refractivity contribution in [3.8, 4) is 0 Å². The number of hydrogen-bond donors (Lipinski definition) is 2. The minimum Gasteiger partial charge on any atom is -0.408 e. The second kappa shape index (κ2) is 4.71. The molecule has 0 unspecified atom stereocenters. The molecule has 72 valence electrons. The minimum atomic E-state index is 0.163. The van der Waals surface area contributed by atoms with Gasteiger partial charge in [0.1, 0.15) is 0 Å². The van der Waals surface area contributed by atoms with Gasteiger partial charge in [-0.3, -0.25) is 0 Å². The number of thiophene rings is 1. The predicted octanol–water partition coefficient (Wildman–Crippen LogP) is 1.27. The van der Waals surface area contributed by atoms with Crippen LogP contribution in [0.4, 0.5) is 0 Å². The van der Waals surface area contributed by atoms with Gasteiger partial charge < -0.3 is 15.8 Å². The summed E-state index contributed by atoms with van der Waals surface area (Å²) in [5, 5.41) is 13.5. The van der Waals surface area contributed by atoms with Crippen molar-refractivity contribution in [1.82, 2.24) is 4.90 Å². The summed E-state index contributed by atoms with van der Waals surface area (Å²) in [4.78, 5) is 3.00. The summed E-state index contributed by atoms with van der Waals surface area (Å²) in [5.74, 6) is 0.163. The highest BCUT2D eigenvalue weighted by Gasteiger charge is 2.06. The fourth-order valence-electron chi connectivity index (χ4n) is 1.01. The molecule has 0 aliphatic heterocycles. The van der Waals surface area contributed by atoms with Gasteiger partial charge in [-0.25, -0.2) is 0 Å². The van der Waals surface area contributed by atoms with E-state index in [1.807, 2.05) is 24.4 Å². The molecule has 1 heterocycles. The van der Waals surface area contributed by atoms with Crippen LogP contribution in [-0.2, 0) is 6.54 Å². The molecule has 13 heavy (non-hydrogen) atoms. The first-order chi connectivity index (χ1) is 6.27. The number of oxime groups is 1. The number of guanidine groups is 1. The molecule has 0 saturated heterocycles. The smallest absolute Gasteiger partial charge is 0.233 e. The zero-order chi connectivity index (χ0) is 9.68. The van der Waals surface area contributed by atoms with Gasteiger partial charge in [0.05, 0.1) is 6.54 Å². The molecule has 0 amide bonds. The summed E-state index contributed by atoms with van der Waals surface area (Å²) in [6.45, 7) is 3.39. The van der Waals surface area contributed by atoms with Crippen molar-refractivity contribution in [2.75, 3.05) is 6.54 Å². The van der Waals surface area contributed by atoms with Crippen molar-refractivity contribution in [1.29, 1.82) is 0 Å². The molecular formula is C8H13N3OS. The quantitative estimate of drug-likeness (QED) is 0.333. The van der Waals surface area contributed by atoms with Crippen LogP contribution in [0.25, 0.3) is 0 Å². The normalized spacial score (nSPS) is 11.6. The fraction of sp³-hybridized carbons (Fsp3) is 0.375. The van der Waals surface area contributed by atoms with Crippen LogP contribution >= 0.6 is 11.3 Å². The molecule has 3 N–H and O–H groups in total. The third kappa shape index (κ3) is 2.62. The van der Waals surface area contributed by atoms with Crippen LogP contribution in [0.1, 0.15) is 11.8 Å². The lowest BCUT2D eigenvalue weighted by molar-refractivity contribution is 0.298. The SMILES string of the molecule is CCN(Cc1cccs1)C(N)=NO. The predicted molar refractivity (Wildman–Crippen MR) is 53.8 cm³/mol. The van der Waals surface area contributed by atoms with Crippen LogP contribution < -0.4 is 5.73 Å². The summed E-state index contributed by atoms with van der Waals surface area (Å²) in [6, 6.07) is 4.01. The molecule has 0 saturated carbocycles. The average Bonchev–Trinajstić information content (AvgIpc) is 2.65. The Morgan fingerprint density at radius 2 is 2.54 bits per heavy atom. The van der Waals surface area contributed by atoms with E-state index in [1.165, 1.54) is 4.88 Å². The van der Waals surface area contributed by atoms with Crippen molar-refractivity contribution in [3.05, 3.63) is 22.4 Å². The zero-order valence-electron chi connectivity index (χ0n) is 7.47. The Kier molecular flexibility index (Phi) is 3.57. The fourth-order valence-corrected chi connectivity index (χ4v) is 1.73.